The molecule has 0 bridgehead atoms. The number of Topliss-reactive ketones (excluding diaryl/α,β-unsaturated/α-hetero) is 2. The summed E-state index contributed by atoms with van der Waals surface area (Å²) in [6.45, 7) is 5.88. The van der Waals surface area contributed by atoms with Gasteiger partial charge in [0.1, 0.15) is 0 Å². The molecular weight excluding hydrogens is 558 g/mol. The molecule has 16 heteroatoms. The first-order valence-corrected chi connectivity index (χ1v) is 15.0. The number of carbonyl (C=O) groups is 5. The molecule has 0 rings (SSSR count). The van der Waals surface area contributed by atoms with E-state index < -0.39 is 17.7 Å². The quantitative estimate of drug-likeness (QED) is 0.0382. The fraction of sp³-hybridized carbons (Fsp3) is 0.815. The molecule has 3 unspecified atom stereocenters. The van der Waals surface area contributed by atoms with Gasteiger partial charge in [-0.25, -0.2) is 0 Å². The molecule has 0 spiro atoms. The molecule has 0 aliphatic heterocycles. The summed E-state index contributed by atoms with van der Waals surface area (Å²) in [5.74, 6) is -2.60. The highest BCUT2D eigenvalue weighted by Crippen LogP contribution is 2.23. The van der Waals surface area contributed by atoms with Crippen LogP contribution in [0.5, 0.6) is 0 Å². The van der Waals surface area contributed by atoms with E-state index in [-0.39, 0.29) is 68.3 Å². The van der Waals surface area contributed by atoms with Crippen molar-refractivity contribution < 1.29 is 24.0 Å². The number of unbranched alkanes of at least 4 members (excludes halogenated alkanes) is 4. The third-order valence-electron chi connectivity index (χ3n) is 6.84. The Morgan fingerprint density at radius 3 is 1.60 bits per heavy atom. The monoisotopic (exact) mass is 607 g/mol. The van der Waals surface area contributed by atoms with Crippen molar-refractivity contribution in [2.45, 2.75) is 71.6 Å². The minimum Gasteiger partial charge on any atom is -0.369 e. The minimum atomic E-state index is -0.600. The molecule has 6 N–H and O–H groups in total. The van der Waals surface area contributed by atoms with Crippen LogP contribution < -0.4 is 27.0 Å². The van der Waals surface area contributed by atoms with Gasteiger partial charge in [0.2, 0.25) is 17.7 Å². The number of hydrogen-bond donors (Lipinski definition) is 5. The van der Waals surface area contributed by atoms with Crippen LogP contribution in [0.2, 0.25) is 0 Å². The summed E-state index contributed by atoms with van der Waals surface area (Å²) in [5, 5.41) is 18.2. The Balaban J connectivity index is 4.24. The van der Waals surface area contributed by atoms with E-state index in [0.29, 0.717) is 32.6 Å². The van der Waals surface area contributed by atoms with Crippen molar-refractivity contribution in [3.63, 3.8) is 0 Å². The van der Waals surface area contributed by atoms with Crippen molar-refractivity contribution in [1.29, 1.82) is 0 Å². The summed E-state index contributed by atoms with van der Waals surface area (Å²) >= 11 is 0. The van der Waals surface area contributed by atoms with Crippen LogP contribution >= 0.6 is 0 Å². The first-order chi connectivity index (χ1) is 20.7. The highest BCUT2D eigenvalue weighted by Gasteiger charge is 2.28. The van der Waals surface area contributed by atoms with Gasteiger partial charge in [0.15, 0.2) is 11.6 Å². The van der Waals surface area contributed by atoms with Crippen molar-refractivity contribution in [1.82, 2.24) is 21.3 Å². The largest absolute Gasteiger partial charge is 0.369 e. The number of carbonyl (C=O) groups excluding carboxylic acids is 5. The second-order valence-corrected chi connectivity index (χ2v) is 10.5. The van der Waals surface area contributed by atoms with Gasteiger partial charge in [0.05, 0.1) is 26.2 Å². The van der Waals surface area contributed by atoms with E-state index in [1.54, 1.807) is 6.92 Å². The Morgan fingerprint density at radius 1 is 0.698 bits per heavy atom. The summed E-state index contributed by atoms with van der Waals surface area (Å²) in [4.78, 5) is 65.3. The van der Waals surface area contributed by atoms with Crippen LogP contribution in [-0.2, 0) is 24.0 Å². The number of hydrogen-bond acceptors (Lipinski definition) is 9. The van der Waals surface area contributed by atoms with E-state index in [1.165, 1.54) is 0 Å². The van der Waals surface area contributed by atoms with Gasteiger partial charge in [0, 0.05) is 40.7 Å². The maximum Gasteiger partial charge on any atom is 0.223 e. The lowest BCUT2D eigenvalue weighted by Crippen LogP contribution is -2.37. The zero-order chi connectivity index (χ0) is 32.3. The van der Waals surface area contributed by atoms with Crippen LogP contribution in [0, 0.1) is 17.8 Å². The number of rotatable bonds is 28. The Bertz CT molecular complexity index is 965. The van der Waals surface area contributed by atoms with Gasteiger partial charge in [-0.05, 0) is 69.1 Å². The van der Waals surface area contributed by atoms with Crippen LogP contribution in [0.4, 0.5) is 0 Å². The average Bonchev–Trinajstić information content (AvgIpc) is 2.98. The second-order valence-electron chi connectivity index (χ2n) is 10.5. The van der Waals surface area contributed by atoms with Crippen molar-refractivity contribution in [3.05, 3.63) is 20.9 Å². The summed E-state index contributed by atoms with van der Waals surface area (Å²) < 4.78 is 0. The molecule has 16 nitrogen and oxygen atoms in total. The Labute approximate surface area is 253 Å². The van der Waals surface area contributed by atoms with Crippen LogP contribution in [0.1, 0.15) is 71.6 Å². The lowest BCUT2D eigenvalue weighted by molar-refractivity contribution is -0.128. The predicted octanol–water partition coefficient (Wildman–Crippen LogP) is 2.04. The standard InChI is InChI=1S/C27H49N11O5/c1-3-21(27(43)34-13-9-5-7-11-32-17-24(40)19-36-38-30)15-22(25(28)41)14-20(2)26(42)33-12-8-4-6-10-31-16-23(39)18-35-37-29/h20-22,31-32H,3-19H2,1-2H3,(H2,28,41)(H,33,42)(H,34,43). The maximum absolute atomic E-state index is 12.7. The van der Waals surface area contributed by atoms with Gasteiger partial charge in [-0.15, -0.1) is 0 Å². The SMILES string of the molecule is CCC(CC(CC(C)C(=O)NCCCCCNCC(=O)CN=[N+]=[N-])C(N)=O)C(=O)NCCCCCNCC(=O)CN=[N+]=[N-]. The third kappa shape index (κ3) is 21.6. The van der Waals surface area contributed by atoms with Crippen LogP contribution in [0.3, 0.4) is 0 Å². The maximum atomic E-state index is 12.7. The molecule has 0 saturated carbocycles. The zero-order valence-corrected chi connectivity index (χ0v) is 25.6. The Hall–Kier alpha value is -3.71. The molecule has 0 fully saturated rings. The van der Waals surface area contributed by atoms with E-state index in [1.807, 2.05) is 6.92 Å². The molecular formula is C27H49N11O5. The molecule has 0 heterocycles. The first-order valence-electron chi connectivity index (χ1n) is 15.0. The number of nitrogens with two attached hydrogens (primary N) is 1. The first kappa shape index (κ1) is 39.3. The summed E-state index contributed by atoms with van der Waals surface area (Å²) in [6, 6.07) is 0. The van der Waals surface area contributed by atoms with Gasteiger partial charge in [-0.3, -0.25) is 24.0 Å². The predicted molar refractivity (Wildman–Crippen MR) is 162 cm³/mol. The van der Waals surface area contributed by atoms with Crippen LogP contribution in [-0.4, -0.2) is 81.6 Å². The number of nitrogens with one attached hydrogen (secondary N) is 4. The second kappa shape index (κ2) is 26.0. The molecule has 0 aliphatic carbocycles. The molecule has 0 saturated heterocycles. The van der Waals surface area contributed by atoms with Crippen molar-refractivity contribution in [2.24, 2.45) is 33.7 Å². The summed E-state index contributed by atoms with van der Waals surface area (Å²) in [5.41, 5.74) is 22.0. The van der Waals surface area contributed by atoms with E-state index >= 15 is 0 Å². The fourth-order valence-corrected chi connectivity index (χ4v) is 4.30. The molecule has 0 aromatic rings. The highest BCUT2D eigenvalue weighted by molar-refractivity contribution is 5.83. The summed E-state index contributed by atoms with van der Waals surface area (Å²) in [7, 11) is 0. The molecule has 0 aromatic carbocycles. The van der Waals surface area contributed by atoms with E-state index in [9.17, 15) is 24.0 Å². The van der Waals surface area contributed by atoms with E-state index in [0.717, 1.165) is 38.5 Å². The molecule has 0 aliphatic rings. The number of nitrogens with zero attached hydrogens (tertiary/aromatic N) is 6. The number of ketones is 2. The molecule has 3 amide bonds. The molecule has 242 valence electrons. The van der Waals surface area contributed by atoms with Crippen molar-refractivity contribution in [3.8, 4) is 0 Å². The van der Waals surface area contributed by atoms with Gasteiger partial charge < -0.3 is 27.0 Å². The topological polar surface area (TPSA) is 257 Å². The minimum absolute atomic E-state index is 0.137. The Kier molecular flexibility index (Phi) is 23.7. The van der Waals surface area contributed by atoms with Gasteiger partial charge in [-0.1, -0.05) is 36.9 Å². The normalized spacial score (nSPS) is 12.6. The van der Waals surface area contributed by atoms with Gasteiger partial charge in [-0.2, -0.15) is 0 Å². The van der Waals surface area contributed by atoms with Gasteiger partial charge >= 0.3 is 0 Å². The van der Waals surface area contributed by atoms with Gasteiger partial charge in [0.25, 0.3) is 0 Å². The fourth-order valence-electron chi connectivity index (χ4n) is 4.30. The van der Waals surface area contributed by atoms with Crippen LogP contribution in [0.15, 0.2) is 10.2 Å². The van der Waals surface area contributed by atoms with Crippen molar-refractivity contribution >= 4 is 29.3 Å². The molecule has 43 heavy (non-hydrogen) atoms. The third-order valence-corrected chi connectivity index (χ3v) is 6.84. The molecule has 0 aromatic heterocycles. The molecule has 3 atom stereocenters. The summed E-state index contributed by atoms with van der Waals surface area (Å²) in [6.07, 6.45) is 5.96. The average molecular weight is 608 g/mol. The molecule has 0 radical (unpaired) electrons. The highest BCUT2D eigenvalue weighted by atomic mass is 16.2. The lowest BCUT2D eigenvalue weighted by Gasteiger charge is -2.22. The zero-order valence-electron chi connectivity index (χ0n) is 25.6. The number of primary amides is 1. The number of amides is 3. The Morgan fingerprint density at radius 2 is 1.16 bits per heavy atom. The number of azide groups is 2. The van der Waals surface area contributed by atoms with E-state index in [4.69, 9.17) is 16.8 Å². The van der Waals surface area contributed by atoms with E-state index in [2.05, 4.69) is 41.3 Å². The van der Waals surface area contributed by atoms with Crippen LogP contribution in [0.25, 0.3) is 20.9 Å². The lowest BCUT2D eigenvalue weighted by atomic mass is 9.85. The smallest absolute Gasteiger partial charge is 0.223 e. The van der Waals surface area contributed by atoms with Crippen molar-refractivity contribution in [2.75, 3.05) is 52.4 Å².